The van der Waals surface area contributed by atoms with Crippen molar-refractivity contribution < 1.29 is 4.42 Å². The predicted octanol–water partition coefficient (Wildman–Crippen LogP) is 13.2. The fourth-order valence-electron chi connectivity index (χ4n) is 7.66. The third-order valence-electron chi connectivity index (χ3n) is 9.82. The lowest BCUT2D eigenvalue weighted by Gasteiger charge is -2.18. The Hall–Kier alpha value is -6.18. The molecule has 218 valence electrons. The van der Waals surface area contributed by atoms with E-state index in [0.29, 0.717) is 0 Å². The van der Waals surface area contributed by atoms with Gasteiger partial charge in [-0.25, -0.2) is 0 Å². The molecule has 1 nitrogen and oxygen atoms in total. The van der Waals surface area contributed by atoms with Crippen LogP contribution in [0.1, 0.15) is 0 Å². The van der Waals surface area contributed by atoms with E-state index in [1.165, 1.54) is 76.3 Å². The van der Waals surface area contributed by atoms with Gasteiger partial charge in [-0.1, -0.05) is 140 Å². The molecular formula is C46H28O. The SMILES string of the molecule is c1ccc(-c2c3ccccc3c(-c3ccc4cc(-c5ccc6c(c5)oc5ccc7ccccc7c56)ccc4c3)c3ccccc23)cc1. The minimum absolute atomic E-state index is 0.919. The Kier molecular flexibility index (Phi) is 5.64. The molecule has 0 aliphatic rings. The standard InChI is InChI=1S/C46H28O/c1-2-11-30(12-3-1)44-37-14-6-8-16-39(37)45(40-17-9-7-15-38(40)44)35-21-20-31-26-32(18-19-33(31)27-35)34-22-24-41-43(28-34)47-42-25-23-29-10-4-5-13-36(29)46(41)42/h1-28H. The summed E-state index contributed by atoms with van der Waals surface area (Å²) in [5, 5.41) is 12.3. The first-order chi connectivity index (χ1) is 23.3. The van der Waals surface area contributed by atoms with Crippen molar-refractivity contribution in [3.63, 3.8) is 0 Å². The molecule has 47 heavy (non-hydrogen) atoms. The molecule has 10 rings (SSSR count). The first kappa shape index (κ1) is 26.1. The zero-order valence-electron chi connectivity index (χ0n) is 25.6. The molecule has 0 unspecified atom stereocenters. The molecule has 0 radical (unpaired) electrons. The smallest absolute Gasteiger partial charge is 0.136 e. The first-order valence-corrected chi connectivity index (χ1v) is 16.2. The second kappa shape index (κ2) is 10.2. The van der Waals surface area contributed by atoms with E-state index in [4.69, 9.17) is 4.42 Å². The molecule has 0 aliphatic heterocycles. The summed E-state index contributed by atoms with van der Waals surface area (Å²) < 4.78 is 6.38. The Labute approximate surface area is 271 Å². The summed E-state index contributed by atoms with van der Waals surface area (Å²) in [6, 6.07) is 61.5. The molecule has 1 heterocycles. The van der Waals surface area contributed by atoms with Gasteiger partial charge in [0.2, 0.25) is 0 Å². The van der Waals surface area contributed by atoms with Crippen molar-refractivity contribution in [1.29, 1.82) is 0 Å². The third kappa shape index (κ3) is 4.03. The Morgan fingerprint density at radius 1 is 0.277 bits per heavy atom. The fraction of sp³-hybridized carbons (Fsp3) is 0. The second-order valence-electron chi connectivity index (χ2n) is 12.5. The summed E-state index contributed by atoms with van der Waals surface area (Å²) in [7, 11) is 0. The Bertz CT molecular complexity index is 2780. The summed E-state index contributed by atoms with van der Waals surface area (Å²) in [6.45, 7) is 0. The molecule has 0 bridgehead atoms. The summed E-state index contributed by atoms with van der Waals surface area (Å²) in [4.78, 5) is 0. The van der Waals surface area contributed by atoms with Crippen LogP contribution in [-0.4, -0.2) is 0 Å². The van der Waals surface area contributed by atoms with E-state index < -0.39 is 0 Å². The molecule has 1 aromatic heterocycles. The van der Waals surface area contributed by atoms with Crippen molar-refractivity contribution in [2.24, 2.45) is 0 Å². The average Bonchev–Trinajstić information content (AvgIpc) is 3.52. The average molecular weight is 597 g/mol. The van der Waals surface area contributed by atoms with Gasteiger partial charge in [0, 0.05) is 10.8 Å². The second-order valence-corrected chi connectivity index (χ2v) is 12.5. The van der Waals surface area contributed by atoms with Gasteiger partial charge >= 0.3 is 0 Å². The Morgan fingerprint density at radius 3 is 1.49 bits per heavy atom. The molecular weight excluding hydrogens is 569 g/mol. The van der Waals surface area contributed by atoms with E-state index in [9.17, 15) is 0 Å². The maximum absolute atomic E-state index is 6.38. The third-order valence-corrected chi connectivity index (χ3v) is 9.82. The summed E-state index contributed by atoms with van der Waals surface area (Å²) in [5.41, 5.74) is 9.23. The van der Waals surface area contributed by atoms with Gasteiger partial charge in [0.05, 0.1) is 0 Å². The highest BCUT2D eigenvalue weighted by Crippen LogP contribution is 2.44. The molecule has 0 fully saturated rings. The lowest BCUT2D eigenvalue weighted by molar-refractivity contribution is 0.669. The maximum atomic E-state index is 6.38. The van der Waals surface area contributed by atoms with Crippen LogP contribution < -0.4 is 0 Å². The number of benzene rings is 9. The van der Waals surface area contributed by atoms with Gasteiger partial charge in [0.25, 0.3) is 0 Å². The molecule has 0 amide bonds. The normalized spacial score (nSPS) is 11.8. The summed E-state index contributed by atoms with van der Waals surface area (Å²) in [6.07, 6.45) is 0. The topological polar surface area (TPSA) is 13.1 Å². The molecule has 9 aromatic carbocycles. The number of fused-ring (bicyclic) bond motifs is 8. The van der Waals surface area contributed by atoms with E-state index >= 15 is 0 Å². The molecule has 0 N–H and O–H groups in total. The van der Waals surface area contributed by atoms with E-state index in [0.717, 1.165) is 22.1 Å². The summed E-state index contributed by atoms with van der Waals surface area (Å²) in [5.74, 6) is 0. The zero-order chi connectivity index (χ0) is 30.9. The van der Waals surface area contributed by atoms with Gasteiger partial charge in [-0.2, -0.15) is 0 Å². The van der Waals surface area contributed by atoms with Gasteiger partial charge in [-0.15, -0.1) is 0 Å². The van der Waals surface area contributed by atoms with Crippen molar-refractivity contribution in [3.05, 3.63) is 170 Å². The first-order valence-electron chi connectivity index (χ1n) is 16.2. The molecule has 0 atom stereocenters. The summed E-state index contributed by atoms with van der Waals surface area (Å²) >= 11 is 0. The quantitative estimate of drug-likeness (QED) is 0.185. The molecule has 0 saturated carbocycles. The van der Waals surface area contributed by atoms with Gasteiger partial charge in [0.1, 0.15) is 11.2 Å². The van der Waals surface area contributed by atoms with Crippen LogP contribution in [0.15, 0.2) is 174 Å². The van der Waals surface area contributed by atoms with Crippen LogP contribution in [0.3, 0.4) is 0 Å². The highest BCUT2D eigenvalue weighted by Gasteiger charge is 2.17. The fourth-order valence-corrected chi connectivity index (χ4v) is 7.66. The van der Waals surface area contributed by atoms with Crippen molar-refractivity contribution in [2.75, 3.05) is 0 Å². The maximum Gasteiger partial charge on any atom is 0.136 e. The lowest BCUT2D eigenvalue weighted by atomic mass is 9.85. The van der Waals surface area contributed by atoms with Crippen LogP contribution in [0.25, 0.3) is 98.4 Å². The van der Waals surface area contributed by atoms with Crippen LogP contribution >= 0.6 is 0 Å². The molecule has 0 aliphatic carbocycles. The lowest BCUT2D eigenvalue weighted by Crippen LogP contribution is -1.90. The van der Waals surface area contributed by atoms with Crippen LogP contribution in [-0.2, 0) is 0 Å². The number of hydrogen-bond acceptors (Lipinski definition) is 1. The van der Waals surface area contributed by atoms with Crippen LogP contribution in [0.2, 0.25) is 0 Å². The predicted molar refractivity (Wildman–Crippen MR) is 200 cm³/mol. The van der Waals surface area contributed by atoms with Gasteiger partial charge < -0.3 is 4.42 Å². The molecule has 1 heteroatoms. The van der Waals surface area contributed by atoms with Crippen molar-refractivity contribution >= 4 is 65.0 Å². The molecule has 0 spiro atoms. The number of hydrogen-bond donors (Lipinski definition) is 0. The van der Waals surface area contributed by atoms with E-state index in [1.807, 2.05) is 0 Å². The highest BCUT2D eigenvalue weighted by atomic mass is 16.3. The van der Waals surface area contributed by atoms with Gasteiger partial charge in [-0.3, -0.25) is 0 Å². The van der Waals surface area contributed by atoms with E-state index in [2.05, 4.69) is 170 Å². The minimum atomic E-state index is 0.919. The van der Waals surface area contributed by atoms with Crippen LogP contribution in [0.4, 0.5) is 0 Å². The zero-order valence-corrected chi connectivity index (χ0v) is 25.6. The van der Waals surface area contributed by atoms with Gasteiger partial charge in [0.15, 0.2) is 0 Å². The molecule has 10 aromatic rings. The van der Waals surface area contributed by atoms with Crippen molar-refractivity contribution in [3.8, 4) is 33.4 Å². The largest absolute Gasteiger partial charge is 0.456 e. The number of furan rings is 1. The Balaban J connectivity index is 1.11. The highest BCUT2D eigenvalue weighted by molar-refractivity contribution is 6.22. The van der Waals surface area contributed by atoms with Gasteiger partial charge in [-0.05, 0) is 107 Å². The monoisotopic (exact) mass is 596 g/mol. The molecule has 0 saturated heterocycles. The van der Waals surface area contributed by atoms with Crippen molar-refractivity contribution in [1.82, 2.24) is 0 Å². The van der Waals surface area contributed by atoms with E-state index in [1.54, 1.807) is 0 Å². The van der Waals surface area contributed by atoms with Crippen LogP contribution in [0, 0.1) is 0 Å². The minimum Gasteiger partial charge on any atom is -0.456 e. The van der Waals surface area contributed by atoms with Crippen molar-refractivity contribution in [2.45, 2.75) is 0 Å². The number of rotatable bonds is 3. The van der Waals surface area contributed by atoms with E-state index in [-0.39, 0.29) is 0 Å². The van der Waals surface area contributed by atoms with Crippen LogP contribution in [0.5, 0.6) is 0 Å². The Morgan fingerprint density at radius 2 is 0.787 bits per heavy atom.